The van der Waals surface area contributed by atoms with E-state index < -0.39 is 0 Å². The van der Waals surface area contributed by atoms with Gasteiger partial charge in [-0.3, -0.25) is 0 Å². The van der Waals surface area contributed by atoms with Gasteiger partial charge in [-0.25, -0.2) is 4.98 Å². The molecule has 0 aliphatic rings. The van der Waals surface area contributed by atoms with Crippen LogP contribution in [0.5, 0.6) is 0 Å². The van der Waals surface area contributed by atoms with E-state index in [1.54, 1.807) is 0 Å². The second-order valence-electron chi connectivity index (χ2n) is 2.77. The van der Waals surface area contributed by atoms with Crippen molar-refractivity contribution < 1.29 is 0 Å². The molecule has 13 heavy (non-hydrogen) atoms. The average Bonchev–Trinajstić information content (AvgIpc) is 2.55. The molecular formula is C11H20N2. The lowest BCUT2D eigenvalue weighted by molar-refractivity contribution is 0.900. The molecule has 0 saturated carbocycles. The Morgan fingerprint density at radius 1 is 1.54 bits per heavy atom. The summed E-state index contributed by atoms with van der Waals surface area (Å²) in [5.74, 6) is 0. The SMILES string of the molecule is CC.CC/C(C)=C\c1cncn1C. The van der Waals surface area contributed by atoms with Crippen molar-refractivity contribution in [3.63, 3.8) is 0 Å². The Morgan fingerprint density at radius 3 is 2.54 bits per heavy atom. The average molecular weight is 180 g/mol. The zero-order valence-electron chi connectivity index (χ0n) is 9.33. The highest BCUT2D eigenvalue weighted by atomic mass is 15.0. The molecule has 0 bridgehead atoms. The number of nitrogens with zero attached hydrogens (tertiary/aromatic N) is 2. The summed E-state index contributed by atoms with van der Waals surface area (Å²) < 4.78 is 2.01. The van der Waals surface area contributed by atoms with Crippen molar-refractivity contribution in [3.8, 4) is 0 Å². The second-order valence-corrected chi connectivity index (χ2v) is 2.77. The number of aromatic nitrogens is 2. The van der Waals surface area contributed by atoms with Gasteiger partial charge in [0.2, 0.25) is 0 Å². The third kappa shape index (κ3) is 3.92. The van der Waals surface area contributed by atoms with Crippen molar-refractivity contribution in [1.29, 1.82) is 0 Å². The van der Waals surface area contributed by atoms with Crippen LogP contribution in [0.4, 0.5) is 0 Å². The Hall–Kier alpha value is -1.05. The molecule has 0 unspecified atom stereocenters. The van der Waals surface area contributed by atoms with Crippen molar-refractivity contribution in [2.45, 2.75) is 34.1 Å². The highest BCUT2D eigenvalue weighted by Gasteiger charge is 1.92. The summed E-state index contributed by atoms with van der Waals surface area (Å²) in [7, 11) is 2.00. The minimum absolute atomic E-state index is 1.10. The van der Waals surface area contributed by atoms with E-state index in [1.165, 1.54) is 11.3 Å². The quantitative estimate of drug-likeness (QED) is 0.683. The molecule has 0 radical (unpaired) electrons. The molecule has 0 amide bonds. The van der Waals surface area contributed by atoms with Crippen LogP contribution in [0, 0.1) is 0 Å². The molecule has 1 heterocycles. The first kappa shape index (κ1) is 11.9. The van der Waals surface area contributed by atoms with Crippen LogP contribution < -0.4 is 0 Å². The summed E-state index contributed by atoms with van der Waals surface area (Å²) in [6, 6.07) is 0. The highest BCUT2D eigenvalue weighted by molar-refractivity contribution is 5.47. The van der Waals surface area contributed by atoms with Crippen LogP contribution in [0.25, 0.3) is 6.08 Å². The van der Waals surface area contributed by atoms with E-state index in [9.17, 15) is 0 Å². The summed E-state index contributed by atoms with van der Waals surface area (Å²) in [5.41, 5.74) is 2.55. The van der Waals surface area contributed by atoms with Crippen LogP contribution in [-0.4, -0.2) is 9.55 Å². The fourth-order valence-electron chi connectivity index (χ4n) is 0.861. The van der Waals surface area contributed by atoms with Gasteiger partial charge in [0.25, 0.3) is 0 Å². The summed E-state index contributed by atoms with van der Waals surface area (Å²) in [5, 5.41) is 0. The van der Waals surface area contributed by atoms with E-state index in [2.05, 4.69) is 24.9 Å². The smallest absolute Gasteiger partial charge is 0.0948 e. The van der Waals surface area contributed by atoms with Crippen molar-refractivity contribution in [2.24, 2.45) is 7.05 Å². The third-order valence-electron chi connectivity index (χ3n) is 1.81. The largest absolute Gasteiger partial charge is 0.334 e. The van der Waals surface area contributed by atoms with Crippen LogP contribution in [0.1, 0.15) is 39.8 Å². The van der Waals surface area contributed by atoms with Gasteiger partial charge < -0.3 is 4.57 Å². The topological polar surface area (TPSA) is 17.8 Å². The lowest BCUT2D eigenvalue weighted by Gasteiger charge is -1.96. The van der Waals surface area contributed by atoms with Crippen molar-refractivity contribution in [3.05, 3.63) is 23.8 Å². The first-order valence-electron chi connectivity index (χ1n) is 4.87. The van der Waals surface area contributed by atoms with Crippen molar-refractivity contribution in [1.82, 2.24) is 9.55 Å². The zero-order valence-corrected chi connectivity index (χ0v) is 9.33. The Bertz CT molecular complexity index is 259. The Balaban J connectivity index is 0.000000671. The molecule has 1 rings (SSSR count). The molecule has 0 atom stereocenters. The lowest BCUT2D eigenvalue weighted by atomic mass is 10.2. The molecular weight excluding hydrogens is 160 g/mol. The molecule has 1 aromatic rings. The van der Waals surface area contributed by atoms with Crippen LogP contribution in [-0.2, 0) is 7.05 Å². The number of hydrogen-bond donors (Lipinski definition) is 0. The number of hydrogen-bond acceptors (Lipinski definition) is 1. The summed E-state index contributed by atoms with van der Waals surface area (Å²) in [6.45, 7) is 8.29. The molecule has 0 spiro atoms. The Morgan fingerprint density at radius 2 is 2.15 bits per heavy atom. The second kappa shape index (κ2) is 6.46. The maximum Gasteiger partial charge on any atom is 0.0948 e. The summed E-state index contributed by atoms with van der Waals surface area (Å²) >= 11 is 0. The van der Waals surface area contributed by atoms with Crippen LogP contribution in [0.2, 0.25) is 0 Å². The number of rotatable bonds is 2. The number of aryl methyl sites for hydroxylation is 1. The highest BCUT2D eigenvalue weighted by Crippen LogP contribution is 2.06. The maximum absolute atomic E-state index is 4.03. The van der Waals surface area contributed by atoms with Gasteiger partial charge in [-0.2, -0.15) is 0 Å². The van der Waals surface area contributed by atoms with E-state index in [1.807, 2.05) is 38.0 Å². The zero-order chi connectivity index (χ0) is 10.3. The molecule has 0 fully saturated rings. The van der Waals surface area contributed by atoms with Gasteiger partial charge in [0.1, 0.15) is 0 Å². The van der Waals surface area contributed by atoms with Gasteiger partial charge in [0.05, 0.1) is 18.2 Å². The van der Waals surface area contributed by atoms with Gasteiger partial charge in [-0.1, -0.05) is 26.3 Å². The van der Waals surface area contributed by atoms with Gasteiger partial charge in [-0.15, -0.1) is 0 Å². The molecule has 2 heteroatoms. The standard InChI is InChI=1S/C9H14N2.C2H6/c1-4-8(2)5-9-6-10-7-11(9)3;1-2/h5-7H,4H2,1-3H3;1-2H3/b8-5-;. The Kier molecular flexibility index (Phi) is 5.94. The fourth-order valence-corrected chi connectivity index (χ4v) is 0.861. The van der Waals surface area contributed by atoms with Gasteiger partial charge in [0, 0.05) is 7.05 Å². The van der Waals surface area contributed by atoms with Crippen molar-refractivity contribution >= 4 is 6.08 Å². The number of allylic oxidation sites excluding steroid dienone is 1. The summed E-state index contributed by atoms with van der Waals surface area (Å²) in [6.07, 6.45) is 6.95. The van der Waals surface area contributed by atoms with Crippen LogP contribution in [0.15, 0.2) is 18.1 Å². The molecule has 0 N–H and O–H groups in total. The predicted molar refractivity (Wildman–Crippen MR) is 58.5 cm³/mol. The first-order valence-corrected chi connectivity index (χ1v) is 4.87. The van der Waals surface area contributed by atoms with Crippen molar-refractivity contribution in [2.75, 3.05) is 0 Å². The minimum atomic E-state index is 1.10. The minimum Gasteiger partial charge on any atom is -0.334 e. The third-order valence-corrected chi connectivity index (χ3v) is 1.81. The van der Waals surface area contributed by atoms with E-state index >= 15 is 0 Å². The number of imidazole rings is 1. The lowest BCUT2D eigenvalue weighted by Crippen LogP contribution is -1.87. The van der Waals surface area contributed by atoms with E-state index in [0.29, 0.717) is 0 Å². The molecule has 0 aliphatic carbocycles. The van der Waals surface area contributed by atoms with Gasteiger partial charge in [0.15, 0.2) is 0 Å². The predicted octanol–water partition coefficient (Wildman–Crippen LogP) is 3.26. The fraction of sp³-hybridized carbons (Fsp3) is 0.545. The van der Waals surface area contributed by atoms with E-state index in [-0.39, 0.29) is 0 Å². The van der Waals surface area contributed by atoms with Crippen LogP contribution >= 0.6 is 0 Å². The first-order chi connectivity index (χ1) is 6.24. The molecule has 0 saturated heterocycles. The van der Waals surface area contributed by atoms with Crippen LogP contribution in [0.3, 0.4) is 0 Å². The maximum atomic E-state index is 4.03. The van der Waals surface area contributed by atoms with E-state index in [0.717, 1.165) is 6.42 Å². The molecule has 0 aliphatic heterocycles. The van der Waals surface area contributed by atoms with E-state index in [4.69, 9.17) is 0 Å². The summed E-state index contributed by atoms with van der Waals surface area (Å²) in [4.78, 5) is 4.03. The van der Waals surface area contributed by atoms with Gasteiger partial charge in [-0.05, 0) is 19.4 Å². The van der Waals surface area contributed by atoms with Gasteiger partial charge >= 0.3 is 0 Å². The molecule has 1 aromatic heterocycles. The molecule has 0 aromatic carbocycles. The monoisotopic (exact) mass is 180 g/mol. The normalized spacial score (nSPS) is 10.7. The Labute approximate surface area is 81.3 Å². The molecule has 74 valence electrons. The molecule has 2 nitrogen and oxygen atoms in total.